The molecule has 0 amide bonds. The SMILES string of the molecule is CS(=O)(=O)ON=C1C=CC=S1C(C#N)c1ccccc1Cl. The Hall–Kier alpha value is -1.62. The number of nitrogens with zero attached hydrogens (tertiary/aromatic N) is 2. The fourth-order valence-electron chi connectivity index (χ4n) is 1.68. The molecule has 0 aromatic heterocycles. The second-order valence-electron chi connectivity index (χ2n) is 4.11. The van der Waals surface area contributed by atoms with Crippen LogP contribution in [0.25, 0.3) is 0 Å². The smallest absolute Gasteiger partial charge is 0.268 e. The fourth-order valence-corrected chi connectivity index (χ4v) is 3.99. The van der Waals surface area contributed by atoms with E-state index >= 15 is 0 Å². The van der Waals surface area contributed by atoms with Crippen molar-refractivity contribution in [2.75, 3.05) is 6.26 Å². The monoisotopic (exact) mass is 342 g/mol. The van der Waals surface area contributed by atoms with Crippen molar-refractivity contribution < 1.29 is 12.7 Å². The lowest BCUT2D eigenvalue weighted by atomic mass is 10.2. The van der Waals surface area contributed by atoms with Gasteiger partial charge in [-0.3, -0.25) is 4.28 Å². The number of nitriles is 1. The summed E-state index contributed by atoms with van der Waals surface area (Å²) in [7, 11) is -4.40. The van der Waals surface area contributed by atoms with Crippen LogP contribution in [0.1, 0.15) is 10.8 Å². The van der Waals surface area contributed by atoms with Crippen LogP contribution in [0.3, 0.4) is 0 Å². The highest BCUT2D eigenvalue weighted by atomic mass is 35.5. The maximum Gasteiger partial charge on any atom is 0.325 e. The quantitative estimate of drug-likeness (QED) is 0.622. The van der Waals surface area contributed by atoms with Crippen LogP contribution in [-0.2, 0) is 14.4 Å². The van der Waals surface area contributed by atoms with E-state index in [1.807, 2.05) is 0 Å². The van der Waals surface area contributed by atoms with Gasteiger partial charge in [-0.05, 0) is 23.1 Å². The van der Waals surface area contributed by atoms with E-state index in [1.54, 1.807) is 41.8 Å². The summed E-state index contributed by atoms with van der Waals surface area (Å²) in [5.74, 6) is 0. The summed E-state index contributed by atoms with van der Waals surface area (Å²) in [6, 6.07) is 9.25. The molecular formula is C13H11ClN2O3S2. The van der Waals surface area contributed by atoms with Crippen molar-refractivity contribution in [2.24, 2.45) is 5.16 Å². The van der Waals surface area contributed by atoms with Crippen molar-refractivity contribution >= 4 is 42.6 Å². The molecule has 0 saturated carbocycles. The van der Waals surface area contributed by atoms with E-state index in [0.717, 1.165) is 6.26 Å². The van der Waals surface area contributed by atoms with Crippen molar-refractivity contribution in [1.82, 2.24) is 0 Å². The van der Waals surface area contributed by atoms with Gasteiger partial charge in [0.05, 0.1) is 12.3 Å². The normalized spacial score (nSPS) is 20.8. The Bertz CT molecular complexity index is 792. The number of benzene rings is 1. The first-order valence-corrected chi connectivity index (χ1v) is 9.31. The van der Waals surface area contributed by atoms with Crippen LogP contribution in [0, 0.1) is 11.3 Å². The minimum absolute atomic E-state index is 0.395. The summed E-state index contributed by atoms with van der Waals surface area (Å²) in [5, 5.41) is 15.2. The van der Waals surface area contributed by atoms with Crippen molar-refractivity contribution in [3.63, 3.8) is 0 Å². The Labute approximate surface area is 130 Å². The molecule has 0 spiro atoms. The van der Waals surface area contributed by atoms with E-state index in [2.05, 4.69) is 15.5 Å². The molecule has 1 aromatic rings. The average molecular weight is 343 g/mol. The van der Waals surface area contributed by atoms with Gasteiger partial charge in [0.15, 0.2) is 0 Å². The largest absolute Gasteiger partial charge is 0.325 e. The van der Waals surface area contributed by atoms with Crippen LogP contribution >= 0.6 is 22.1 Å². The maximum atomic E-state index is 11.0. The standard InChI is InChI=1S/C13H11ClN2O3S2/c1-21(17,18)19-16-13-7-4-8-20(13)12(9-15)10-5-2-3-6-11(10)14/h2-8,12H,1H3. The molecule has 0 saturated heterocycles. The van der Waals surface area contributed by atoms with E-state index in [-0.39, 0.29) is 0 Å². The van der Waals surface area contributed by atoms with E-state index < -0.39 is 25.9 Å². The molecule has 0 bridgehead atoms. The van der Waals surface area contributed by atoms with Crippen molar-refractivity contribution in [3.05, 3.63) is 47.0 Å². The number of oxime groups is 1. The second-order valence-corrected chi connectivity index (χ2v) is 7.98. The average Bonchev–Trinajstić information content (AvgIpc) is 2.87. The highest BCUT2D eigenvalue weighted by molar-refractivity contribution is 8.29. The van der Waals surface area contributed by atoms with Gasteiger partial charge in [-0.25, -0.2) is 0 Å². The van der Waals surface area contributed by atoms with E-state index in [0.29, 0.717) is 15.6 Å². The molecule has 5 nitrogen and oxygen atoms in total. The zero-order valence-corrected chi connectivity index (χ0v) is 13.3. The predicted molar refractivity (Wildman–Crippen MR) is 86.0 cm³/mol. The molecule has 1 aliphatic heterocycles. The zero-order chi connectivity index (χ0) is 15.5. The molecule has 2 atom stereocenters. The van der Waals surface area contributed by atoms with Gasteiger partial charge in [-0.2, -0.15) is 13.7 Å². The molecule has 2 rings (SSSR count). The first kappa shape index (κ1) is 15.8. The van der Waals surface area contributed by atoms with Crippen LogP contribution in [0.2, 0.25) is 5.02 Å². The molecule has 8 heteroatoms. The molecule has 0 aliphatic carbocycles. The van der Waals surface area contributed by atoms with E-state index in [4.69, 9.17) is 11.6 Å². The third-order valence-corrected chi connectivity index (χ3v) is 5.23. The minimum atomic E-state index is -3.68. The Morgan fingerprint density at radius 2 is 2.14 bits per heavy atom. The summed E-state index contributed by atoms with van der Waals surface area (Å²) >= 11 is 6.13. The van der Waals surface area contributed by atoms with Gasteiger partial charge in [-0.1, -0.05) is 41.0 Å². The molecule has 0 radical (unpaired) electrons. The van der Waals surface area contributed by atoms with Crippen LogP contribution in [0.5, 0.6) is 0 Å². The lowest BCUT2D eigenvalue weighted by Crippen LogP contribution is -2.03. The Kier molecular flexibility index (Phi) is 4.83. The number of rotatable bonds is 4. The molecule has 1 aliphatic rings. The van der Waals surface area contributed by atoms with Crippen LogP contribution in [-0.4, -0.2) is 25.1 Å². The van der Waals surface area contributed by atoms with Gasteiger partial charge in [0.2, 0.25) is 0 Å². The minimum Gasteiger partial charge on any atom is -0.268 e. The third kappa shape index (κ3) is 3.94. The molecule has 2 unspecified atom stereocenters. The summed E-state index contributed by atoms with van der Waals surface area (Å²) in [5.41, 5.74) is 0.678. The molecular weight excluding hydrogens is 332 g/mol. The number of hydrogen-bond acceptors (Lipinski definition) is 5. The Balaban J connectivity index is 2.36. The molecule has 1 heterocycles. The van der Waals surface area contributed by atoms with Gasteiger partial charge in [-0.15, -0.1) is 10.5 Å². The Morgan fingerprint density at radius 3 is 2.76 bits per heavy atom. The highest BCUT2D eigenvalue weighted by Gasteiger charge is 2.23. The first-order chi connectivity index (χ1) is 9.92. The van der Waals surface area contributed by atoms with Crippen molar-refractivity contribution in [3.8, 4) is 6.07 Å². The van der Waals surface area contributed by atoms with E-state index in [9.17, 15) is 13.7 Å². The van der Waals surface area contributed by atoms with E-state index in [1.165, 1.54) is 0 Å². The maximum absolute atomic E-state index is 11.0. The van der Waals surface area contributed by atoms with Crippen LogP contribution in [0.15, 0.2) is 41.6 Å². The molecule has 0 N–H and O–H groups in total. The summed E-state index contributed by atoms with van der Waals surface area (Å²) in [4.78, 5) is 0. The molecule has 21 heavy (non-hydrogen) atoms. The van der Waals surface area contributed by atoms with Crippen molar-refractivity contribution in [1.29, 1.82) is 5.26 Å². The van der Waals surface area contributed by atoms with Crippen molar-refractivity contribution in [2.45, 2.75) is 5.25 Å². The highest BCUT2D eigenvalue weighted by Crippen LogP contribution is 2.41. The van der Waals surface area contributed by atoms with Gasteiger partial charge in [0.25, 0.3) is 0 Å². The predicted octanol–water partition coefficient (Wildman–Crippen LogP) is 2.84. The fraction of sp³-hybridized carbons (Fsp3) is 0.154. The lowest BCUT2D eigenvalue weighted by molar-refractivity contribution is 0.345. The lowest BCUT2D eigenvalue weighted by Gasteiger charge is -2.14. The summed E-state index contributed by atoms with van der Waals surface area (Å²) < 4.78 is 26.5. The topological polar surface area (TPSA) is 79.5 Å². The molecule has 1 aromatic carbocycles. The second kappa shape index (κ2) is 6.43. The zero-order valence-electron chi connectivity index (χ0n) is 10.9. The first-order valence-electron chi connectivity index (χ1n) is 5.76. The summed E-state index contributed by atoms with van der Waals surface area (Å²) in [6.07, 6.45) is 4.25. The Morgan fingerprint density at radius 1 is 1.43 bits per heavy atom. The summed E-state index contributed by atoms with van der Waals surface area (Å²) in [6.45, 7) is 0. The van der Waals surface area contributed by atoms with Gasteiger partial charge < -0.3 is 0 Å². The van der Waals surface area contributed by atoms with Gasteiger partial charge >= 0.3 is 10.1 Å². The number of hydrogen-bond donors (Lipinski definition) is 0. The third-order valence-electron chi connectivity index (χ3n) is 2.53. The number of halogens is 1. The number of allylic oxidation sites excluding steroid dienone is 1. The van der Waals surface area contributed by atoms with Crippen LogP contribution < -0.4 is 0 Å². The van der Waals surface area contributed by atoms with Gasteiger partial charge in [0.1, 0.15) is 10.3 Å². The molecule has 0 fully saturated rings. The van der Waals surface area contributed by atoms with Crippen LogP contribution in [0.4, 0.5) is 0 Å². The molecule has 110 valence electrons. The van der Waals surface area contributed by atoms with Gasteiger partial charge in [0, 0.05) is 5.02 Å².